The van der Waals surface area contributed by atoms with E-state index >= 15 is 0 Å². The van der Waals surface area contributed by atoms with Gasteiger partial charge in [-0.2, -0.15) is 5.10 Å². The summed E-state index contributed by atoms with van der Waals surface area (Å²) in [4.78, 5) is 11.0. The highest BCUT2D eigenvalue weighted by Gasteiger charge is 2.15. The number of benzene rings is 2. The summed E-state index contributed by atoms with van der Waals surface area (Å²) in [6, 6.07) is 9.84. The summed E-state index contributed by atoms with van der Waals surface area (Å²) in [7, 11) is 3.42. The minimum Gasteiger partial charge on any atom is -0.395 e. The zero-order chi connectivity index (χ0) is 22.0. The van der Waals surface area contributed by atoms with E-state index in [1.165, 1.54) is 12.1 Å². The lowest BCUT2D eigenvalue weighted by Gasteiger charge is -2.25. The zero-order valence-electron chi connectivity index (χ0n) is 17.2. The number of nitrogens with zero attached hydrogens (tertiary/aromatic N) is 5. The van der Waals surface area contributed by atoms with Crippen LogP contribution in [0, 0.1) is 5.82 Å². The second kappa shape index (κ2) is 8.76. The molecule has 0 radical (unpaired) electrons. The summed E-state index contributed by atoms with van der Waals surface area (Å²) in [5.74, 6) is -0.482. The van der Waals surface area contributed by atoms with E-state index in [0.717, 1.165) is 11.3 Å². The maximum absolute atomic E-state index is 14.3. The Kier molecular flexibility index (Phi) is 5.90. The molecule has 0 fully saturated rings. The Bertz CT molecular complexity index is 1210. The SMILES string of the molecule is CNC(O)c1cc(F)cc(N(CCO)c2ccc3ncc(-c4cnn(C)c4)nc3c2)c1. The quantitative estimate of drug-likeness (QED) is 0.394. The fourth-order valence-electron chi connectivity index (χ4n) is 3.44. The Labute approximate surface area is 178 Å². The van der Waals surface area contributed by atoms with Crippen LogP contribution in [0.3, 0.4) is 0 Å². The molecule has 0 saturated carbocycles. The molecule has 1 atom stereocenters. The Morgan fingerprint density at radius 2 is 1.97 bits per heavy atom. The first-order valence-corrected chi connectivity index (χ1v) is 9.78. The number of hydrogen-bond donors (Lipinski definition) is 3. The van der Waals surface area contributed by atoms with Gasteiger partial charge in [-0.3, -0.25) is 15.0 Å². The Morgan fingerprint density at radius 1 is 1.13 bits per heavy atom. The highest BCUT2D eigenvalue weighted by atomic mass is 19.1. The Balaban J connectivity index is 1.77. The number of aliphatic hydroxyl groups is 2. The molecule has 4 aromatic rings. The van der Waals surface area contributed by atoms with E-state index in [4.69, 9.17) is 4.98 Å². The molecule has 0 aliphatic carbocycles. The van der Waals surface area contributed by atoms with Crippen molar-refractivity contribution in [1.82, 2.24) is 25.1 Å². The first-order chi connectivity index (χ1) is 15.0. The van der Waals surface area contributed by atoms with Gasteiger partial charge in [0.05, 0.1) is 35.7 Å². The van der Waals surface area contributed by atoms with E-state index in [2.05, 4.69) is 15.4 Å². The van der Waals surface area contributed by atoms with E-state index in [0.29, 0.717) is 28.0 Å². The van der Waals surface area contributed by atoms with Crippen molar-refractivity contribution in [3.05, 3.63) is 66.4 Å². The molecule has 1 unspecified atom stereocenters. The number of anilines is 2. The third-order valence-corrected chi connectivity index (χ3v) is 4.97. The number of halogens is 1. The number of hydrogen-bond acceptors (Lipinski definition) is 7. The normalized spacial score (nSPS) is 12.3. The van der Waals surface area contributed by atoms with Crippen molar-refractivity contribution in [3.63, 3.8) is 0 Å². The van der Waals surface area contributed by atoms with E-state index in [-0.39, 0.29) is 13.2 Å². The summed E-state index contributed by atoms with van der Waals surface area (Å²) in [5, 5.41) is 26.6. The monoisotopic (exact) mass is 422 g/mol. The summed E-state index contributed by atoms with van der Waals surface area (Å²) in [5.41, 5.74) is 4.53. The van der Waals surface area contributed by atoms with E-state index in [1.807, 2.05) is 31.4 Å². The zero-order valence-corrected chi connectivity index (χ0v) is 17.2. The minimum absolute atomic E-state index is 0.139. The van der Waals surface area contributed by atoms with Crippen molar-refractivity contribution in [2.24, 2.45) is 7.05 Å². The van der Waals surface area contributed by atoms with Crippen molar-refractivity contribution in [2.45, 2.75) is 6.23 Å². The smallest absolute Gasteiger partial charge is 0.131 e. The van der Waals surface area contributed by atoms with Crippen LogP contribution in [0.1, 0.15) is 11.8 Å². The van der Waals surface area contributed by atoms with Crippen molar-refractivity contribution in [2.75, 3.05) is 25.1 Å². The number of rotatable bonds is 7. The van der Waals surface area contributed by atoms with Crippen LogP contribution in [-0.2, 0) is 7.05 Å². The van der Waals surface area contributed by atoms with Gasteiger partial charge in [-0.25, -0.2) is 9.37 Å². The molecule has 0 aliphatic rings. The molecular weight excluding hydrogens is 399 g/mol. The first-order valence-electron chi connectivity index (χ1n) is 9.78. The molecule has 0 spiro atoms. The van der Waals surface area contributed by atoms with Gasteiger partial charge in [-0.1, -0.05) is 0 Å². The second-order valence-corrected chi connectivity index (χ2v) is 7.14. The largest absolute Gasteiger partial charge is 0.395 e. The predicted molar refractivity (Wildman–Crippen MR) is 116 cm³/mol. The van der Waals surface area contributed by atoms with Crippen LogP contribution in [-0.4, -0.2) is 50.2 Å². The van der Waals surface area contributed by atoms with Gasteiger partial charge in [0, 0.05) is 42.3 Å². The third-order valence-electron chi connectivity index (χ3n) is 4.97. The highest BCUT2D eigenvalue weighted by molar-refractivity contribution is 5.82. The van der Waals surface area contributed by atoms with Crippen molar-refractivity contribution < 1.29 is 14.6 Å². The van der Waals surface area contributed by atoms with Crippen LogP contribution in [0.2, 0.25) is 0 Å². The van der Waals surface area contributed by atoms with Crippen LogP contribution in [0.15, 0.2) is 55.0 Å². The van der Waals surface area contributed by atoms with Crippen LogP contribution in [0.5, 0.6) is 0 Å². The Hall–Kier alpha value is -3.40. The lowest BCUT2D eigenvalue weighted by atomic mass is 10.1. The maximum Gasteiger partial charge on any atom is 0.131 e. The number of fused-ring (bicyclic) bond motifs is 1. The third kappa shape index (κ3) is 4.38. The molecule has 0 aliphatic heterocycles. The highest BCUT2D eigenvalue weighted by Crippen LogP contribution is 2.30. The molecule has 0 bridgehead atoms. The van der Waals surface area contributed by atoms with Gasteiger partial charge in [0.15, 0.2) is 0 Å². The molecule has 0 saturated heterocycles. The summed E-state index contributed by atoms with van der Waals surface area (Å²) < 4.78 is 16.0. The number of aryl methyl sites for hydroxylation is 1. The van der Waals surface area contributed by atoms with E-state index in [1.54, 1.807) is 35.1 Å². The topological polar surface area (TPSA) is 99.3 Å². The molecule has 4 rings (SSSR count). The summed E-state index contributed by atoms with van der Waals surface area (Å²) >= 11 is 0. The van der Waals surface area contributed by atoms with Gasteiger partial charge in [0.1, 0.15) is 12.0 Å². The molecule has 0 amide bonds. The van der Waals surface area contributed by atoms with Crippen LogP contribution >= 0.6 is 0 Å². The lowest BCUT2D eigenvalue weighted by Crippen LogP contribution is -2.22. The second-order valence-electron chi connectivity index (χ2n) is 7.14. The van der Waals surface area contributed by atoms with Gasteiger partial charge >= 0.3 is 0 Å². The summed E-state index contributed by atoms with van der Waals surface area (Å²) in [6.45, 7) is 0.0969. The van der Waals surface area contributed by atoms with Gasteiger partial charge in [-0.05, 0) is 43.4 Å². The summed E-state index contributed by atoms with van der Waals surface area (Å²) in [6.07, 6.45) is 4.27. The van der Waals surface area contributed by atoms with Crippen molar-refractivity contribution >= 4 is 22.4 Å². The predicted octanol–water partition coefficient (Wildman–Crippen LogP) is 2.51. The standard InChI is InChI=1S/C22H23FN6O2/c1-24-22(31)14-7-16(23)9-18(8-14)29(5-6-30)17-3-4-19-20(10-17)27-21(12-25-19)15-11-26-28(2)13-15/h3-4,7-13,22,24,30-31H,5-6H2,1-2H3. The molecule has 31 heavy (non-hydrogen) atoms. The average molecular weight is 422 g/mol. The van der Waals surface area contributed by atoms with Crippen LogP contribution in [0.25, 0.3) is 22.3 Å². The van der Waals surface area contributed by atoms with Crippen LogP contribution in [0.4, 0.5) is 15.8 Å². The van der Waals surface area contributed by atoms with E-state index in [9.17, 15) is 14.6 Å². The Morgan fingerprint density at radius 3 is 2.68 bits per heavy atom. The molecule has 2 aromatic heterocycles. The molecule has 9 heteroatoms. The number of aromatic nitrogens is 4. The molecule has 2 aromatic carbocycles. The van der Waals surface area contributed by atoms with Gasteiger partial charge in [0.25, 0.3) is 0 Å². The fraction of sp³-hybridized carbons (Fsp3) is 0.227. The minimum atomic E-state index is -1.00. The molecular formula is C22H23FN6O2. The molecule has 160 valence electrons. The average Bonchev–Trinajstić information content (AvgIpc) is 3.22. The first kappa shape index (κ1) is 20.9. The fourth-order valence-corrected chi connectivity index (χ4v) is 3.44. The lowest BCUT2D eigenvalue weighted by molar-refractivity contribution is 0.149. The van der Waals surface area contributed by atoms with Gasteiger partial charge < -0.3 is 15.1 Å². The van der Waals surface area contributed by atoms with Gasteiger partial charge in [0.2, 0.25) is 0 Å². The maximum atomic E-state index is 14.3. The van der Waals surface area contributed by atoms with Crippen LogP contribution < -0.4 is 10.2 Å². The van der Waals surface area contributed by atoms with E-state index < -0.39 is 12.0 Å². The van der Waals surface area contributed by atoms with Gasteiger partial charge in [-0.15, -0.1) is 0 Å². The van der Waals surface area contributed by atoms with Crippen molar-refractivity contribution in [3.8, 4) is 11.3 Å². The molecule has 3 N–H and O–H groups in total. The van der Waals surface area contributed by atoms with Crippen molar-refractivity contribution in [1.29, 1.82) is 0 Å². The number of nitrogens with one attached hydrogen (secondary N) is 1. The molecule has 2 heterocycles. The number of aliphatic hydroxyl groups excluding tert-OH is 2. The molecule has 8 nitrogen and oxygen atoms in total.